The lowest BCUT2D eigenvalue weighted by atomic mass is 10.1. The fourth-order valence-electron chi connectivity index (χ4n) is 1.42. The van der Waals surface area contributed by atoms with Gasteiger partial charge in [-0.25, -0.2) is 0 Å². The molecule has 2 nitrogen and oxygen atoms in total. The van der Waals surface area contributed by atoms with Crippen molar-refractivity contribution >= 4 is 0 Å². The number of hydrogen-bond acceptors (Lipinski definition) is 1. The summed E-state index contributed by atoms with van der Waals surface area (Å²) in [6.07, 6.45) is 4.00. The summed E-state index contributed by atoms with van der Waals surface area (Å²) in [4.78, 5) is 0. The maximum Gasteiger partial charge on any atom is 0.0566 e. The number of benzene rings is 1. The van der Waals surface area contributed by atoms with Crippen LogP contribution in [-0.2, 0) is 6.54 Å². The quantitative estimate of drug-likeness (QED) is 0.779. The van der Waals surface area contributed by atoms with E-state index < -0.39 is 0 Å². The molecule has 0 atom stereocenters. The van der Waals surface area contributed by atoms with Gasteiger partial charge in [-0.1, -0.05) is 24.3 Å². The van der Waals surface area contributed by atoms with E-state index in [-0.39, 0.29) is 0 Å². The highest BCUT2D eigenvalue weighted by Crippen LogP contribution is 2.06. The number of aromatic nitrogens is 1. The molecule has 1 aromatic heterocycles. The van der Waals surface area contributed by atoms with Crippen LogP contribution in [0.1, 0.15) is 11.1 Å². The third kappa shape index (κ3) is 1.96. The third-order valence-corrected chi connectivity index (χ3v) is 2.32. The Balaban J connectivity index is 2.02. The molecule has 0 aliphatic rings. The largest absolute Gasteiger partial charge is 0.322 e. The van der Waals surface area contributed by atoms with Gasteiger partial charge in [0.2, 0.25) is 0 Å². The van der Waals surface area contributed by atoms with Gasteiger partial charge >= 0.3 is 0 Å². The fraction of sp³-hybridized carbons (Fsp3) is 0.167. The van der Waals surface area contributed by atoms with E-state index in [4.69, 9.17) is 0 Å². The molecule has 0 aliphatic heterocycles. The molecular formula is C12H14N2. The first kappa shape index (κ1) is 8.88. The summed E-state index contributed by atoms with van der Waals surface area (Å²) in [7, 11) is 0. The maximum atomic E-state index is 3.30. The lowest BCUT2D eigenvalue weighted by molar-refractivity contribution is 0.843. The van der Waals surface area contributed by atoms with Gasteiger partial charge in [-0.05, 0) is 30.2 Å². The molecule has 1 heterocycles. The van der Waals surface area contributed by atoms with Gasteiger partial charge in [-0.15, -0.1) is 0 Å². The molecule has 0 aliphatic carbocycles. The normalized spacial score (nSPS) is 10.1. The Morgan fingerprint density at radius 2 is 1.79 bits per heavy atom. The molecule has 0 saturated carbocycles. The Labute approximate surface area is 84.2 Å². The van der Waals surface area contributed by atoms with Gasteiger partial charge in [-0.2, -0.15) is 0 Å². The highest BCUT2D eigenvalue weighted by Gasteiger charge is 1.95. The van der Waals surface area contributed by atoms with Gasteiger partial charge in [0.1, 0.15) is 0 Å². The number of rotatable bonds is 3. The average molecular weight is 186 g/mol. The van der Waals surface area contributed by atoms with Crippen molar-refractivity contribution < 1.29 is 0 Å². The zero-order valence-electron chi connectivity index (χ0n) is 8.27. The van der Waals surface area contributed by atoms with Crippen molar-refractivity contribution in [1.82, 2.24) is 4.68 Å². The Morgan fingerprint density at radius 1 is 1.07 bits per heavy atom. The predicted octanol–water partition coefficient (Wildman–Crippen LogP) is 2.54. The molecule has 0 amide bonds. The van der Waals surface area contributed by atoms with Crippen LogP contribution in [0.5, 0.6) is 0 Å². The molecule has 2 rings (SSSR count). The van der Waals surface area contributed by atoms with Crippen molar-refractivity contribution in [3.8, 4) is 0 Å². The lowest BCUT2D eigenvalue weighted by Gasteiger charge is -2.09. The van der Waals surface area contributed by atoms with Crippen LogP contribution in [0.3, 0.4) is 0 Å². The van der Waals surface area contributed by atoms with Crippen molar-refractivity contribution in [3.63, 3.8) is 0 Å². The summed E-state index contributed by atoms with van der Waals surface area (Å²) in [6.45, 7) is 2.99. The average Bonchev–Trinajstić information content (AvgIpc) is 2.69. The first-order chi connectivity index (χ1) is 6.86. The number of aryl methyl sites for hydroxylation is 1. The van der Waals surface area contributed by atoms with Crippen molar-refractivity contribution in [1.29, 1.82) is 0 Å². The zero-order valence-corrected chi connectivity index (χ0v) is 8.27. The Morgan fingerprint density at radius 3 is 2.50 bits per heavy atom. The summed E-state index contributed by atoms with van der Waals surface area (Å²) in [5.74, 6) is 0. The van der Waals surface area contributed by atoms with E-state index in [1.807, 2.05) is 29.2 Å². The van der Waals surface area contributed by atoms with Crippen LogP contribution in [0.2, 0.25) is 0 Å². The van der Waals surface area contributed by atoms with Crippen LogP contribution >= 0.6 is 0 Å². The fourth-order valence-corrected chi connectivity index (χ4v) is 1.42. The minimum atomic E-state index is 0.862. The van der Waals surface area contributed by atoms with Crippen LogP contribution in [0.25, 0.3) is 0 Å². The Hall–Kier alpha value is -1.70. The molecular weight excluding hydrogens is 172 g/mol. The van der Waals surface area contributed by atoms with E-state index in [0.29, 0.717) is 0 Å². The van der Waals surface area contributed by atoms with Crippen molar-refractivity contribution in [2.75, 3.05) is 5.43 Å². The minimum Gasteiger partial charge on any atom is -0.322 e. The van der Waals surface area contributed by atoms with Crippen LogP contribution < -0.4 is 5.43 Å². The van der Waals surface area contributed by atoms with Gasteiger partial charge in [0, 0.05) is 12.4 Å². The van der Waals surface area contributed by atoms with Gasteiger partial charge < -0.3 is 5.43 Å². The van der Waals surface area contributed by atoms with Crippen molar-refractivity contribution in [2.24, 2.45) is 0 Å². The third-order valence-electron chi connectivity index (χ3n) is 2.32. The van der Waals surface area contributed by atoms with Crippen molar-refractivity contribution in [2.45, 2.75) is 13.5 Å². The minimum absolute atomic E-state index is 0.862. The van der Waals surface area contributed by atoms with Gasteiger partial charge in [-0.3, -0.25) is 4.68 Å². The van der Waals surface area contributed by atoms with Crippen LogP contribution in [-0.4, -0.2) is 4.68 Å². The molecule has 2 aromatic rings. The van der Waals surface area contributed by atoms with E-state index >= 15 is 0 Å². The molecule has 1 aromatic carbocycles. The molecule has 0 unspecified atom stereocenters. The second kappa shape index (κ2) is 4.01. The van der Waals surface area contributed by atoms with E-state index in [2.05, 4.69) is 36.6 Å². The number of nitrogens with one attached hydrogen (secondary N) is 1. The molecule has 0 fully saturated rings. The molecule has 0 bridgehead atoms. The van der Waals surface area contributed by atoms with E-state index in [1.54, 1.807) is 0 Å². The molecule has 1 N–H and O–H groups in total. The molecule has 2 heteroatoms. The highest BCUT2D eigenvalue weighted by atomic mass is 15.4. The second-order valence-electron chi connectivity index (χ2n) is 3.35. The van der Waals surface area contributed by atoms with Crippen LogP contribution in [0.4, 0.5) is 0 Å². The van der Waals surface area contributed by atoms with Crippen LogP contribution in [0, 0.1) is 6.92 Å². The van der Waals surface area contributed by atoms with Crippen molar-refractivity contribution in [3.05, 3.63) is 59.9 Å². The van der Waals surface area contributed by atoms with Gasteiger partial charge in [0.15, 0.2) is 0 Å². The van der Waals surface area contributed by atoms with E-state index in [1.165, 1.54) is 11.1 Å². The standard InChI is InChI=1S/C12H14N2/c1-11-6-2-3-7-12(11)10-13-14-8-4-5-9-14/h2-9,13H,10H2,1H3. The van der Waals surface area contributed by atoms with E-state index in [9.17, 15) is 0 Å². The maximum absolute atomic E-state index is 3.30. The molecule has 14 heavy (non-hydrogen) atoms. The predicted molar refractivity (Wildman–Crippen MR) is 58.7 cm³/mol. The molecule has 0 saturated heterocycles. The monoisotopic (exact) mass is 186 g/mol. The zero-order chi connectivity index (χ0) is 9.80. The highest BCUT2D eigenvalue weighted by molar-refractivity contribution is 5.26. The Kier molecular flexibility index (Phi) is 2.54. The number of nitrogens with zero attached hydrogens (tertiary/aromatic N) is 1. The Bertz CT molecular complexity index is 390. The second-order valence-corrected chi connectivity index (χ2v) is 3.35. The molecule has 0 radical (unpaired) electrons. The summed E-state index contributed by atoms with van der Waals surface area (Å²) in [5.41, 5.74) is 5.96. The van der Waals surface area contributed by atoms with Gasteiger partial charge in [0.05, 0.1) is 6.54 Å². The molecule has 0 spiro atoms. The summed E-state index contributed by atoms with van der Waals surface area (Å²) in [6, 6.07) is 12.4. The lowest BCUT2D eigenvalue weighted by Crippen LogP contribution is -2.12. The summed E-state index contributed by atoms with van der Waals surface area (Å²) in [5, 5.41) is 0. The topological polar surface area (TPSA) is 17.0 Å². The smallest absolute Gasteiger partial charge is 0.0566 e. The summed E-state index contributed by atoms with van der Waals surface area (Å²) < 4.78 is 1.96. The SMILES string of the molecule is Cc1ccccc1CNn1cccc1. The van der Waals surface area contributed by atoms with Crippen LogP contribution in [0.15, 0.2) is 48.8 Å². The first-order valence-electron chi connectivity index (χ1n) is 4.77. The number of hydrogen-bond donors (Lipinski definition) is 1. The summed E-state index contributed by atoms with van der Waals surface area (Å²) >= 11 is 0. The molecule has 72 valence electrons. The van der Waals surface area contributed by atoms with E-state index in [0.717, 1.165) is 6.54 Å². The van der Waals surface area contributed by atoms with Gasteiger partial charge in [0.25, 0.3) is 0 Å². The first-order valence-corrected chi connectivity index (χ1v) is 4.77.